The lowest BCUT2D eigenvalue weighted by atomic mass is 10.0. The van der Waals surface area contributed by atoms with E-state index in [1.165, 1.54) is 6.92 Å². The molecule has 0 radical (unpaired) electrons. The third-order valence-electron chi connectivity index (χ3n) is 3.06. The van der Waals surface area contributed by atoms with Gasteiger partial charge in [-0.2, -0.15) is 0 Å². The fourth-order valence-electron chi connectivity index (χ4n) is 1.72. The van der Waals surface area contributed by atoms with Crippen molar-refractivity contribution in [1.82, 2.24) is 10.6 Å². The normalized spacial score (nSPS) is 13.3. The first-order chi connectivity index (χ1) is 9.82. The van der Waals surface area contributed by atoms with Crippen LogP contribution in [0.4, 0.5) is 0 Å². The highest BCUT2D eigenvalue weighted by Gasteiger charge is 2.26. The molecule has 1 aromatic rings. The summed E-state index contributed by atoms with van der Waals surface area (Å²) in [6.07, 6.45) is 0. The Morgan fingerprint density at radius 1 is 1.00 bits per heavy atom. The topological polar surface area (TPSA) is 101 Å². The summed E-state index contributed by atoms with van der Waals surface area (Å²) in [5.74, 6) is -1.52. The van der Waals surface area contributed by atoms with Crippen LogP contribution in [0.2, 0.25) is 0 Å². The van der Waals surface area contributed by atoms with Gasteiger partial charge in [0.25, 0.3) is 5.91 Å². The van der Waals surface area contributed by atoms with Crippen molar-refractivity contribution in [2.24, 2.45) is 11.7 Å². The molecule has 0 fully saturated rings. The van der Waals surface area contributed by atoms with Gasteiger partial charge < -0.3 is 16.4 Å². The Morgan fingerprint density at radius 3 is 2.05 bits per heavy atom. The van der Waals surface area contributed by atoms with Gasteiger partial charge in [-0.3, -0.25) is 14.4 Å². The molecule has 0 bridgehead atoms. The van der Waals surface area contributed by atoms with Crippen LogP contribution in [0.3, 0.4) is 0 Å². The molecule has 0 unspecified atom stereocenters. The van der Waals surface area contributed by atoms with Crippen molar-refractivity contribution in [3.63, 3.8) is 0 Å². The van der Waals surface area contributed by atoms with Crippen molar-refractivity contribution in [2.75, 3.05) is 0 Å². The van der Waals surface area contributed by atoms with E-state index in [9.17, 15) is 14.4 Å². The van der Waals surface area contributed by atoms with Gasteiger partial charge >= 0.3 is 0 Å². The Bertz CT molecular complexity index is 514. The van der Waals surface area contributed by atoms with E-state index < -0.39 is 23.9 Å². The van der Waals surface area contributed by atoms with E-state index in [-0.39, 0.29) is 11.8 Å². The first-order valence-corrected chi connectivity index (χ1v) is 6.78. The monoisotopic (exact) mass is 291 g/mol. The zero-order valence-electron chi connectivity index (χ0n) is 12.4. The molecule has 1 aromatic carbocycles. The number of benzene rings is 1. The summed E-state index contributed by atoms with van der Waals surface area (Å²) in [5.41, 5.74) is 5.58. The highest BCUT2D eigenvalue weighted by Crippen LogP contribution is 2.05. The van der Waals surface area contributed by atoms with Crippen LogP contribution < -0.4 is 16.4 Å². The Morgan fingerprint density at radius 2 is 1.57 bits per heavy atom. The summed E-state index contributed by atoms with van der Waals surface area (Å²) in [6.45, 7) is 5.12. The summed E-state index contributed by atoms with van der Waals surface area (Å²) in [7, 11) is 0. The summed E-state index contributed by atoms with van der Waals surface area (Å²) in [6, 6.07) is 7.10. The second kappa shape index (κ2) is 7.42. The van der Waals surface area contributed by atoms with Crippen molar-refractivity contribution in [2.45, 2.75) is 32.9 Å². The lowest BCUT2D eigenvalue weighted by Gasteiger charge is -2.23. The van der Waals surface area contributed by atoms with Crippen LogP contribution in [0.25, 0.3) is 0 Å². The van der Waals surface area contributed by atoms with E-state index in [1.807, 2.05) is 13.8 Å². The quantitative estimate of drug-likeness (QED) is 0.708. The Balaban J connectivity index is 2.76. The fourth-order valence-corrected chi connectivity index (χ4v) is 1.72. The number of primary amides is 1. The number of amides is 3. The Hall–Kier alpha value is -2.37. The summed E-state index contributed by atoms with van der Waals surface area (Å²) in [4.78, 5) is 35.2. The maximum atomic E-state index is 12.1. The molecule has 114 valence electrons. The predicted octanol–water partition coefficient (Wildman–Crippen LogP) is 0.431. The number of hydrogen-bond donors (Lipinski definition) is 3. The molecule has 4 N–H and O–H groups in total. The van der Waals surface area contributed by atoms with Gasteiger partial charge in [-0.05, 0) is 25.0 Å². The number of carbonyl (C=O) groups is 3. The molecule has 6 heteroatoms. The Kier molecular flexibility index (Phi) is 5.90. The van der Waals surface area contributed by atoms with Crippen molar-refractivity contribution in [3.8, 4) is 0 Å². The van der Waals surface area contributed by atoms with Gasteiger partial charge in [0, 0.05) is 5.56 Å². The lowest BCUT2D eigenvalue weighted by Crippen LogP contribution is -2.53. The molecule has 0 heterocycles. The minimum Gasteiger partial charge on any atom is -0.368 e. The SMILES string of the molecule is CC(C)[C@H](NC(=O)c1ccccc1)C(=O)N[C@@H](C)C(N)=O. The molecular formula is C15H21N3O3. The van der Waals surface area contributed by atoms with E-state index in [4.69, 9.17) is 5.73 Å². The van der Waals surface area contributed by atoms with Crippen molar-refractivity contribution < 1.29 is 14.4 Å². The average molecular weight is 291 g/mol. The smallest absolute Gasteiger partial charge is 0.251 e. The van der Waals surface area contributed by atoms with Gasteiger partial charge in [-0.15, -0.1) is 0 Å². The maximum absolute atomic E-state index is 12.1. The fraction of sp³-hybridized carbons (Fsp3) is 0.400. The first-order valence-electron chi connectivity index (χ1n) is 6.78. The van der Waals surface area contributed by atoms with Crippen molar-refractivity contribution in [1.29, 1.82) is 0 Å². The third-order valence-corrected chi connectivity index (χ3v) is 3.06. The molecule has 6 nitrogen and oxygen atoms in total. The maximum Gasteiger partial charge on any atom is 0.251 e. The number of hydrogen-bond acceptors (Lipinski definition) is 3. The van der Waals surface area contributed by atoms with Gasteiger partial charge in [-0.1, -0.05) is 32.0 Å². The molecule has 0 aliphatic carbocycles. The highest BCUT2D eigenvalue weighted by atomic mass is 16.2. The predicted molar refractivity (Wildman–Crippen MR) is 79.3 cm³/mol. The second-order valence-electron chi connectivity index (χ2n) is 5.19. The van der Waals surface area contributed by atoms with Crippen LogP contribution in [0.15, 0.2) is 30.3 Å². The molecule has 0 saturated carbocycles. The zero-order chi connectivity index (χ0) is 16.0. The number of nitrogens with one attached hydrogen (secondary N) is 2. The minimum atomic E-state index is -0.785. The van der Waals surface area contributed by atoms with Crippen LogP contribution in [-0.2, 0) is 9.59 Å². The standard InChI is InChI=1S/C15H21N3O3/c1-9(2)12(15(21)17-10(3)13(16)19)18-14(20)11-7-5-4-6-8-11/h4-10,12H,1-3H3,(H2,16,19)(H,17,21)(H,18,20)/t10-,12-/m0/s1. The number of rotatable bonds is 6. The number of carbonyl (C=O) groups excluding carboxylic acids is 3. The van der Waals surface area contributed by atoms with Crippen molar-refractivity contribution in [3.05, 3.63) is 35.9 Å². The summed E-state index contributed by atoms with van der Waals surface area (Å²) < 4.78 is 0. The molecule has 3 amide bonds. The average Bonchev–Trinajstić information content (AvgIpc) is 2.44. The van der Waals surface area contributed by atoms with Crippen LogP contribution in [0.5, 0.6) is 0 Å². The van der Waals surface area contributed by atoms with Crippen LogP contribution in [0, 0.1) is 5.92 Å². The van der Waals surface area contributed by atoms with Gasteiger partial charge in [0.2, 0.25) is 11.8 Å². The van der Waals surface area contributed by atoms with E-state index in [2.05, 4.69) is 10.6 Å². The third kappa shape index (κ3) is 4.91. The largest absolute Gasteiger partial charge is 0.368 e. The van der Waals surface area contributed by atoms with Crippen LogP contribution in [-0.4, -0.2) is 29.8 Å². The van der Waals surface area contributed by atoms with Gasteiger partial charge in [-0.25, -0.2) is 0 Å². The molecule has 0 aromatic heterocycles. The molecule has 0 aliphatic heterocycles. The second-order valence-corrected chi connectivity index (χ2v) is 5.19. The van der Waals surface area contributed by atoms with Gasteiger partial charge in [0.05, 0.1) is 0 Å². The molecular weight excluding hydrogens is 270 g/mol. The van der Waals surface area contributed by atoms with Crippen molar-refractivity contribution >= 4 is 17.7 Å². The molecule has 2 atom stereocenters. The molecule has 0 saturated heterocycles. The zero-order valence-corrected chi connectivity index (χ0v) is 12.4. The summed E-state index contributed by atoms with van der Waals surface area (Å²) >= 11 is 0. The van der Waals surface area contributed by atoms with E-state index in [1.54, 1.807) is 30.3 Å². The molecule has 21 heavy (non-hydrogen) atoms. The van der Waals surface area contributed by atoms with E-state index in [0.29, 0.717) is 5.56 Å². The lowest BCUT2D eigenvalue weighted by molar-refractivity contribution is -0.128. The molecule has 0 spiro atoms. The molecule has 1 rings (SSSR count). The Labute approximate surface area is 124 Å². The first kappa shape index (κ1) is 16.7. The van der Waals surface area contributed by atoms with Crippen LogP contribution >= 0.6 is 0 Å². The highest BCUT2D eigenvalue weighted by molar-refractivity contribution is 5.98. The summed E-state index contributed by atoms with van der Waals surface area (Å²) in [5, 5.41) is 5.16. The van der Waals surface area contributed by atoms with Gasteiger partial charge in [0.1, 0.15) is 12.1 Å². The van der Waals surface area contributed by atoms with Gasteiger partial charge in [0.15, 0.2) is 0 Å². The van der Waals surface area contributed by atoms with E-state index >= 15 is 0 Å². The number of nitrogens with two attached hydrogens (primary N) is 1. The van der Waals surface area contributed by atoms with E-state index in [0.717, 1.165) is 0 Å². The molecule has 0 aliphatic rings. The minimum absolute atomic E-state index is 0.127. The van der Waals surface area contributed by atoms with Crippen LogP contribution in [0.1, 0.15) is 31.1 Å².